The summed E-state index contributed by atoms with van der Waals surface area (Å²) in [7, 11) is 0. The zero-order chi connectivity index (χ0) is 17.4. The van der Waals surface area contributed by atoms with Crippen LogP contribution in [0.1, 0.15) is 24.2 Å². The molecule has 128 valence electrons. The summed E-state index contributed by atoms with van der Waals surface area (Å²) in [6.45, 7) is 2.76. The number of nitrogens with one attached hydrogen (secondary N) is 1. The summed E-state index contributed by atoms with van der Waals surface area (Å²) in [4.78, 5) is 13.1. The SMILES string of the molecule is CCOc1ccc(CC(=O)NC[C@H](O)c2ccc(SC)cc2)cc1. The highest BCUT2D eigenvalue weighted by Gasteiger charge is 2.10. The van der Waals surface area contributed by atoms with E-state index < -0.39 is 6.10 Å². The average molecular weight is 345 g/mol. The largest absolute Gasteiger partial charge is 0.494 e. The van der Waals surface area contributed by atoms with Crippen LogP contribution in [0, 0.1) is 0 Å². The molecule has 0 radical (unpaired) electrons. The highest BCUT2D eigenvalue weighted by molar-refractivity contribution is 7.98. The van der Waals surface area contributed by atoms with Gasteiger partial charge in [-0.25, -0.2) is 0 Å². The normalized spacial score (nSPS) is 11.8. The van der Waals surface area contributed by atoms with Crippen molar-refractivity contribution < 1.29 is 14.6 Å². The van der Waals surface area contributed by atoms with Crippen molar-refractivity contribution in [3.63, 3.8) is 0 Å². The third-order valence-electron chi connectivity index (χ3n) is 3.59. The quantitative estimate of drug-likeness (QED) is 0.722. The van der Waals surface area contributed by atoms with E-state index in [2.05, 4.69) is 5.32 Å². The molecule has 2 aromatic carbocycles. The molecular weight excluding hydrogens is 322 g/mol. The van der Waals surface area contributed by atoms with E-state index in [9.17, 15) is 9.90 Å². The zero-order valence-corrected chi connectivity index (χ0v) is 14.8. The lowest BCUT2D eigenvalue weighted by molar-refractivity contribution is -0.120. The molecular formula is C19H23NO3S. The van der Waals surface area contributed by atoms with Crippen LogP contribution < -0.4 is 10.1 Å². The number of carbonyl (C=O) groups is 1. The fraction of sp³-hybridized carbons (Fsp3) is 0.316. The lowest BCUT2D eigenvalue weighted by Gasteiger charge is -2.13. The minimum Gasteiger partial charge on any atom is -0.494 e. The van der Waals surface area contributed by atoms with E-state index in [0.29, 0.717) is 6.61 Å². The monoisotopic (exact) mass is 345 g/mol. The van der Waals surface area contributed by atoms with Gasteiger partial charge in [-0.15, -0.1) is 11.8 Å². The summed E-state index contributed by atoms with van der Waals surface area (Å²) >= 11 is 1.65. The molecule has 0 aliphatic carbocycles. The van der Waals surface area contributed by atoms with Crippen molar-refractivity contribution in [1.82, 2.24) is 5.32 Å². The fourth-order valence-corrected chi connectivity index (χ4v) is 2.68. The summed E-state index contributed by atoms with van der Waals surface area (Å²) in [6.07, 6.45) is 1.59. The predicted octanol–water partition coefficient (Wildman–Crippen LogP) is 3.20. The second-order valence-electron chi connectivity index (χ2n) is 5.35. The lowest BCUT2D eigenvalue weighted by Crippen LogP contribution is -2.29. The Kier molecular flexibility index (Phi) is 7.15. The van der Waals surface area contributed by atoms with Crippen molar-refractivity contribution >= 4 is 17.7 Å². The van der Waals surface area contributed by atoms with Crippen LogP contribution in [0.25, 0.3) is 0 Å². The smallest absolute Gasteiger partial charge is 0.224 e. The Labute approximate surface area is 147 Å². The summed E-state index contributed by atoms with van der Waals surface area (Å²) in [5, 5.41) is 12.9. The third kappa shape index (κ3) is 5.58. The maximum Gasteiger partial charge on any atom is 0.224 e. The number of carbonyl (C=O) groups excluding carboxylic acids is 1. The highest BCUT2D eigenvalue weighted by Crippen LogP contribution is 2.18. The van der Waals surface area contributed by atoms with Crippen molar-refractivity contribution in [3.8, 4) is 5.75 Å². The van der Waals surface area contributed by atoms with Gasteiger partial charge in [0.15, 0.2) is 0 Å². The molecule has 0 heterocycles. The Balaban J connectivity index is 1.81. The summed E-state index contributed by atoms with van der Waals surface area (Å²) in [6, 6.07) is 15.2. The first kappa shape index (κ1) is 18.4. The van der Waals surface area contributed by atoms with Gasteiger partial charge < -0.3 is 15.2 Å². The van der Waals surface area contributed by atoms with Crippen molar-refractivity contribution in [2.45, 2.75) is 24.3 Å². The first-order chi connectivity index (χ1) is 11.6. The Morgan fingerprint density at radius 3 is 2.42 bits per heavy atom. The number of ether oxygens (including phenoxy) is 1. The van der Waals surface area contributed by atoms with Gasteiger partial charge in [0, 0.05) is 11.4 Å². The van der Waals surface area contributed by atoms with Gasteiger partial charge in [0.05, 0.1) is 19.1 Å². The fourth-order valence-electron chi connectivity index (χ4n) is 2.27. The molecule has 24 heavy (non-hydrogen) atoms. The standard InChI is InChI=1S/C19H23NO3S/c1-3-23-16-8-4-14(5-9-16)12-19(22)20-13-18(21)15-6-10-17(24-2)11-7-15/h4-11,18,21H,3,12-13H2,1-2H3,(H,20,22)/t18-/m0/s1. The number of thioether (sulfide) groups is 1. The molecule has 1 amide bonds. The van der Waals surface area contributed by atoms with Gasteiger partial charge in [0.2, 0.25) is 5.91 Å². The number of hydrogen-bond acceptors (Lipinski definition) is 4. The minimum absolute atomic E-state index is 0.112. The number of benzene rings is 2. The average Bonchev–Trinajstić information content (AvgIpc) is 2.61. The van der Waals surface area contributed by atoms with E-state index in [-0.39, 0.29) is 18.9 Å². The van der Waals surface area contributed by atoms with Gasteiger partial charge in [-0.05, 0) is 48.6 Å². The molecule has 2 rings (SSSR count). The molecule has 0 spiro atoms. The Bertz CT molecular complexity index is 641. The van der Waals surface area contributed by atoms with E-state index in [0.717, 1.165) is 21.8 Å². The molecule has 0 saturated heterocycles. The maximum absolute atomic E-state index is 12.0. The van der Waals surface area contributed by atoms with Gasteiger partial charge >= 0.3 is 0 Å². The van der Waals surface area contributed by atoms with Gasteiger partial charge in [-0.3, -0.25) is 4.79 Å². The minimum atomic E-state index is -0.704. The molecule has 0 bridgehead atoms. The molecule has 4 nitrogen and oxygen atoms in total. The van der Waals surface area contributed by atoms with Crippen molar-refractivity contribution in [2.75, 3.05) is 19.4 Å². The first-order valence-corrected chi connectivity index (χ1v) is 9.15. The zero-order valence-electron chi connectivity index (χ0n) is 14.0. The van der Waals surface area contributed by atoms with Crippen LogP contribution in [0.15, 0.2) is 53.4 Å². The second-order valence-corrected chi connectivity index (χ2v) is 6.23. The van der Waals surface area contributed by atoms with Gasteiger partial charge in [0.25, 0.3) is 0 Å². The molecule has 0 aliphatic heterocycles. The Morgan fingerprint density at radius 2 is 1.83 bits per heavy atom. The van der Waals surface area contributed by atoms with Crippen LogP contribution in [-0.2, 0) is 11.2 Å². The molecule has 0 saturated carbocycles. The van der Waals surface area contributed by atoms with Crippen LogP contribution >= 0.6 is 11.8 Å². The van der Waals surface area contributed by atoms with Crippen molar-refractivity contribution in [1.29, 1.82) is 0 Å². The van der Waals surface area contributed by atoms with E-state index in [1.165, 1.54) is 0 Å². The Hall–Kier alpha value is -1.98. The number of hydrogen-bond donors (Lipinski definition) is 2. The predicted molar refractivity (Wildman–Crippen MR) is 97.5 cm³/mol. The molecule has 0 aliphatic rings. The number of aliphatic hydroxyl groups excluding tert-OH is 1. The second kappa shape index (κ2) is 9.35. The Morgan fingerprint density at radius 1 is 1.17 bits per heavy atom. The van der Waals surface area contributed by atoms with Gasteiger partial charge in [-0.2, -0.15) is 0 Å². The van der Waals surface area contributed by atoms with E-state index in [1.54, 1.807) is 11.8 Å². The van der Waals surface area contributed by atoms with Crippen LogP contribution in [-0.4, -0.2) is 30.4 Å². The molecule has 0 aromatic heterocycles. The number of amides is 1. The van der Waals surface area contributed by atoms with Crippen molar-refractivity contribution in [2.24, 2.45) is 0 Å². The molecule has 0 unspecified atom stereocenters. The van der Waals surface area contributed by atoms with Crippen LogP contribution in [0.5, 0.6) is 5.75 Å². The summed E-state index contributed by atoms with van der Waals surface area (Å²) in [5.74, 6) is 0.685. The van der Waals surface area contributed by atoms with Crippen LogP contribution in [0.4, 0.5) is 0 Å². The topological polar surface area (TPSA) is 58.6 Å². The number of aliphatic hydroxyl groups is 1. The molecule has 1 atom stereocenters. The summed E-state index contributed by atoms with van der Waals surface area (Å²) in [5.41, 5.74) is 1.71. The highest BCUT2D eigenvalue weighted by atomic mass is 32.2. The van der Waals surface area contributed by atoms with E-state index >= 15 is 0 Å². The van der Waals surface area contributed by atoms with Crippen LogP contribution in [0.3, 0.4) is 0 Å². The van der Waals surface area contributed by atoms with Gasteiger partial charge in [-0.1, -0.05) is 24.3 Å². The molecule has 5 heteroatoms. The van der Waals surface area contributed by atoms with Crippen molar-refractivity contribution in [3.05, 3.63) is 59.7 Å². The molecule has 2 N–H and O–H groups in total. The van der Waals surface area contributed by atoms with E-state index in [1.807, 2.05) is 61.7 Å². The van der Waals surface area contributed by atoms with E-state index in [4.69, 9.17) is 4.74 Å². The summed E-state index contributed by atoms with van der Waals surface area (Å²) < 4.78 is 5.38. The van der Waals surface area contributed by atoms with Gasteiger partial charge in [0.1, 0.15) is 5.75 Å². The third-order valence-corrected chi connectivity index (χ3v) is 4.34. The lowest BCUT2D eigenvalue weighted by atomic mass is 10.1. The molecule has 2 aromatic rings. The number of rotatable bonds is 8. The molecule has 0 fully saturated rings. The van der Waals surface area contributed by atoms with Crippen LogP contribution in [0.2, 0.25) is 0 Å². The first-order valence-electron chi connectivity index (χ1n) is 7.92. The maximum atomic E-state index is 12.0.